The molecule has 1 aromatic carbocycles. The molecule has 0 unspecified atom stereocenters. The summed E-state index contributed by atoms with van der Waals surface area (Å²) in [5.41, 5.74) is 2.17. The first kappa shape index (κ1) is 15.3. The maximum absolute atomic E-state index is 13.1. The van der Waals surface area contributed by atoms with Crippen molar-refractivity contribution in [2.24, 2.45) is 0 Å². The highest BCUT2D eigenvalue weighted by Gasteiger charge is 2.08. The van der Waals surface area contributed by atoms with Gasteiger partial charge in [-0.05, 0) is 30.3 Å². The molecule has 0 bridgehead atoms. The summed E-state index contributed by atoms with van der Waals surface area (Å²) in [5, 5.41) is 5.68. The van der Waals surface area contributed by atoms with E-state index in [1.807, 2.05) is 17.5 Å². The third-order valence-corrected chi connectivity index (χ3v) is 4.13. The molecule has 0 spiro atoms. The van der Waals surface area contributed by atoms with Gasteiger partial charge in [-0.2, -0.15) is 0 Å². The Morgan fingerprint density at radius 1 is 1.26 bits per heavy atom. The van der Waals surface area contributed by atoms with Crippen LogP contribution in [0.2, 0.25) is 0 Å². The molecule has 2 heterocycles. The number of amides is 1. The fourth-order valence-corrected chi connectivity index (χ4v) is 2.89. The molecule has 116 valence electrons. The van der Waals surface area contributed by atoms with Crippen molar-refractivity contribution in [1.29, 1.82) is 0 Å². The summed E-state index contributed by atoms with van der Waals surface area (Å²) in [6.07, 6.45) is 4.12. The van der Waals surface area contributed by atoms with Gasteiger partial charge in [0.15, 0.2) is 0 Å². The second-order valence-electron chi connectivity index (χ2n) is 4.88. The highest BCUT2D eigenvalue weighted by Crippen LogP contribution is 2.20. The number of hydrogen-bond donors (Lipinski definition) is 1. The van der Waals surface area contributed by atoms with Crippen molar-refractivity contribution in [3.63, 3.8) is 0 Å². The van der Waals surface area contributed by atoms with Crippen molar-refractivity contribution in [2.75, 3.05) is 6.54 Å². The molecule has 0 aliphatic heterocycles. The Kier molecular flexibility index (Phi) is 4.73. The number of pyridine rings is 1. The van der Waals surface area contributed by atoms with E-state index in [1.165, 1.54) is 18.2 Å². The summed E-state index contributed by atoms with van der Waals surface area (Å²) < 4.78 is 13.1. The van der Waals surface area contributed by atoms with Crippen LogP contribution in [0, 0.1) is 5.82 Å². The number of nitrogens with zero attached hydrogens (tertiary/aromatic N) is 2. The van der Waals surface area contributed by atoms with Gasteiger partial charge in [-0.25, -0.2) is 9.37 Å². The number of thiazole rings is 1. The van der Waals surface area contributed by atoms with Crippen molar-refractivity contribution in [2.45, 2.75) is 6.42 Å². The average Bonchev–Trinajstić information content (AvgIpc) is 3.04. The third-order valence-electron chi connectivity index (χ3n) is 3.22. The second kappa shape index (κ2) is 7.11. The molecule has 0 aliphatic rings. The molecule has 23 heavy (non-hydrogen) atoms. The first-order chi connectivity index (χ1) is 11.2. The van der Waals surface area contributed by atoms with Crippen LogP contribution in [0.1, 0.15) is 15.4 Å². The van der Waals surface area contributed by atoms with Crippen LogP contribution in [0.5, 0.6) is 0 Å². The minimum atomic E-state index is -0.418. The fraction of sp³-hybridized carbons (Fsp3) is 0.118. The highest BCUT2D eigenvalue weighted by molar-refractivity contribution is 7.09. The molecule has 0 saturated heterocycles. The van der Waals surface area contributed by atoms with E-state index in [1.54, 1.807) is 29.8 Å². The van der Waals surface area contributed by atoms with Crippen LogP contribution in [0.4, 0.5) is 4.39 Å². The van der Waals surface area contributed by atoms with Crippen molar-refractivity contribution in [3.8, 4) is 11.3 Å². The van der Waals surface area contributed by atoms with Gasteiger partial charge in [0.25, 0.3) is 5.91 Å². The fourth-order valence-electron chi connectivity index (χ4n) is 2.09. The summed E-state index contributed by atoms with van der Waals surface area (Å²) in [4.78, 5) is 20.5. The Bertz CT molecular complexity index is 804. The minimum absolute atomic E-state index is 0.284. The molecule has 0 fully saturated rings. The number of hydrogen-bond acceptors (Lipinski definition) is 4. The van der Waals surface area contributed by atoms with Gasteiger partial charge in [0, 0.05) is 41.9 Å². The van der Waals surface area contributed by atoms with Crippen LogP contribution in [0.25, 0.3) is 11.3 Å². The van der Waals surface area contributed by atoms with Gasteiger partial charge in [0.1, 0.15) is 5.82 Å². The van der Waals surface area contributed by atoms with Crippen LogP contribution in [0.15, 0.2) is 54.2 Å². The Morgan fingerprint density at radius 3 is 2.96 bits per heavy atom. The zero-order chi connectivity index (χ0) is 16.1. The van der Waals surface area contributed by atoms with E-state index < -0.39 is 5.82 Å². The largest absolute Gasteiger partial charge is 0.352 e. The smallest absolute Gasteiger partial charge is 0.251 e. The average molecular weight is 327 g/mol. The Morgan fingerprint density at radius 2 is 2.17 bits per heavy atom. The summed E-state index contributed by atoms with van der Waals surface area (Å²) >= 11 is 1.54. The van der Waals surface area contributed by atoms with E-state index in [9.17, 15) is 9.18 Å². The van der Waals surface area contributed by atoms with Gasteiger partial charge in [0.2, 0.25) is 0 Å². The highest BCUT2D eigenvalue weighted by atomic mass is 32.1. The molecule has 1 amide bonds. The maximum atomic E-state index is 13.1. The SMILES string of the molecule is O=C(NCCc1nc(-c2cccnc2)cs1)c1cccc(F)c1. The predicted molar refractivity (Wildman–Crippen MR) is 87.8 cm³/mol. The van der Waals surface area contributed by atoms with E-state index >= 15 is 0 Å². The first-order valence-electron chi connectivity index (χ1n) is 7.11. The topological polar surface area (TPSA) is 54.9 Å². The quantitative estimate of drug-likeness (QED) is 0.782. The lowest BCUT2D eigenvalue weighted by atomic mass is 10.2. The molecular weight excluding hydrogens is 313 g/mol. The zero-order valence-electron chi connectivity index (χ0n) is 12.2. The number of carbonyl (C=O) groups is 1. The lowest BCUT2D eigenvalue weighted by molar-refractivity contribution is 0.0953. The van der Waals surface area contributed by atoms with E-state index in [2.05, 4.69) is 15.3 Å². The monoisotopic (exact) mass is 327 g/mol. The number of carbonyl (C=O) groups excluding carboxylic acids is 1. The molecule has 0 saturated carbocycles. The number of aromatic nitrogens is 2. The summed E-state index contributed by atoms with van der Waals surface area (Å²) in [7, 11) is 0. The van der Waals surface area contributed by atoms with E-state index in [4.69, 9.17) is 0 Å². The number of benzene rings is 1. The first-order valence-corrected chi connectivity index (χ1v) is 7.99. The maximum Gasteiger partial charge on any atom is 0.251 e. The van der Waals surface area contributed by atoms with Gasteiger partial charge >= 0.3 is 0 Å². The molecule has 0 atom stereocenters. The second-order valence-corrected chi connectivity index (χ2v) is 5.83. The molecule has 3 rings (SSSR count). The Labute approximate surface area is 137 Å². The molecule has 4 nitrogen and oxygen atoms in total. The summed E-state index contributed by atoms with van der Waals surface area (Å²) in [5.74, 6) is -0.702. The van der Waals surface area contributed by atoms with Gasteiger partial charge in [-0.15, -0.1) is 11.3 Å². The molecule has 0 radical (unpaired) electrons. The van der Waals surface area contributed by atoms with Gasteiger partial charge in [0.05, 0.1) is 10.7 Å². The number of nitrogens with one attached hydrogen (secondary N) is 1. The normalized spacial score (nSPS) is 10.5. The zero-order valence-corrected chi connectivity index (χ0v) is 13.0. The standard InChI is InChI=1S/C17H14FN3OS/c18-14-5-1-3-12(9-14)17(22)20-8-6-16-21-15(11-23-16)13-4-2-7-19-10-13/h1-5,7,9-11H,6,8H2,(H,20,22). The third kappa shape index (κ3) is 3.98. The van der Waals surface area contributed by atoms with E-state index in [0.29, 0.717) is 18.5 Å². The number of halogens is 1. The van der Waals surface area contributed by atoms with Crippen LogP contribution < -0.4 is 5.32 Å². The van der Waals surface area contributed by atoms with Gasteiger partial charge < -0.3 is 5.32 Å². The number of rotatable bonds is 5. The molecule has 3 aromatic rings. The Balaban J connectivity index is 1.55. The van der Waals surface area contributed by atoms with Crippen molar-refractivity contribution in [1.82, 2.24) is 15.3 Å². The molecule has 0 aliphatic carbocycles. The van der Waals surface area contributed by atoms with Gasteiger partial charge in [-0.3, -0.25) is 9.78 Å². The van der Waals surface area contributed by atoms with E-state index in [0.717, 1.165) is 16.3 Å². The minimum Gasteiger partial charge on any atom is -0.352 e. The molecule has 2 aromatic heterocycles. The van der Waals surface area contributed by atoms with Crippen LogP contribution >= 0.6 is 11.3 Å². The summed E-state index contributed by atoms with van der Waals surface area (Å²) in [6.45, 7) is 0.454. The van der Waals surface area contributed by atoms with E-state index in [-0.39, 0.29) is 5.91 Å². The predicted octanol–water partition coefficient (Wildman–Crippen LogP) is 3.32. The molecule has 1 N–H and O–H groups in total. The Hall–Kier alpha value is -2.60. The van der Waals surface area contributed by atoms with Crippen molar-refractivity contribution >= 4 is 17.2 Å². The summed E-state index contributed by atoms with van der Waals surface area (Å²) in [6, 6.07) is 9.46. The van der Waals surface area contributed by atoms with Crippen LogP contribution in [-0.4, -0.2) is 22.4 Å². The van der Waals surface area contributed by atoms with Gasteiger partial charge in [-0.1, -0.05) is 6.07 Å². The van der Waals surface area contributed by atoms with Crippen molar-refractivity contribution in [3.05, 3.63) is 70.6 Å². The lowest BCUT2D eigenvalue weighted by Gasteiger charge is -2.04. The van der Waals surface area contributed by atoms with Crippen LogP contribution in [0.3, 0.4) is 0 Å². The lowest BCUT2D eigenvalue weighted by Crippen LogP contribution is -2.25. The van der Waals surface area contributed by atoms with Crippen LogP contribution in [-0.2, 0) is 6.42 Å². The van der Waals surface area contributed by atoms with Crippen molar-refractivity contribution < 1.29 is 9.18 Å². The molecule has 6 heteroatoms. The molecular formula is C17H14FN3OS.